The van der Waals surface area contributed by atoms with E-state index in [0.29, 0.717) is 69.4 Å². The topological polar surface area (TPSA) is 297 Å². The Morgan fingerprint density at radius 2 is 0.681 bits per heavy atom. The predicted octanol–water partition coefficient (Wildman–Crippen LogP) is 9.81. The minimum Gasteiger partial charge on any atom is -0.378 e. The first kappa shape index (κ1) is 97.1. The Morgan fingerprint density at radius 1 is 0.403 bits per heavy atom. The zero-order valence-electron chi connectivity index (χ0n) is 68.7. The number of amides is 4. The van der Waals surface area contributed by atoms with Crippen molar-refractivity contribution in [2.24, 2.45) is 0 Å². The van der Waals surface area contributed by atoms with Crippen molar-refractivity contribution in [3.63, 3.8) is 0 Å². The maximum absolute atomic E-state index is 14.0. The van der Waals surface area contributed by atoms with Gasteiger partial charge in [0.2, 0.25) is 53.7 Å². The zero-order valence-corrected chi connectivity index (χ0v) is 75.7. The molecule has 3 aliphatic heterocycles. The summed E-state index contributed by atoms with van der Waals surface area (Å²) in [5, 5.41) is 6.37. The minimum absolute atomic E-state index is 0.00109. The van der Waals surface area contributed by atoms with Gasteiger partial charge in [0.05, 0.1) is 101 Å². The summed E-state index contributed by atoms with van der Waals surface area (Å²) in [5.41, 5.74) is 6.96. The van der Waals surface area contributed by atoms with Gasteiger partial charge >= 0.3 is 0 Å². The third kappa shape index (κ3) is 29.2. The molecular formula is C83H111Cl6N11O16S3. The van der Waals surface area contributed by atoms with Gasteiger partial charge in [0.1, 0.15) is 0 Å². The van der Waals surface area contributed by atoms with E-state index >= 15 is 0 Å². The van der Waals surface area contributed by atoms with Crippen molar-refractivity contribution < 1.29 is 72.9 Å². The molecule has 0 aliphatic carbocycles. The second-order valence-corrected chi connectivity index (χ2v) is 38.5. The van der Waals surface area contributed by atoms with Crippen LogP contribution in [0.4, 0.5) is 0 Å². The summed E-state index contributed by atoms with van der Waals surface area (Å²) in [6, 6.07) is 31.3. The quantitative estimate of drug-likeness (QED) is 0.0258. The van der Waals surface area contributed by atoms with Crippen LogP contribution in [0.1, 0.15) is 106 Å². The predicted molar refractivity (Wildman–Crippen MR) is 464 cm³/mol. The van der Waals surface area contributed by atoms with Crippen molar-refractivity contribution in [2.75, 3.05) is 201 Å². The number of sulfonamides is 3. The Kier molecular flexibility index (Phi) is 37.8. The Bertz CT molecular complexity index is 4350. The SMILES string of the molecule is CN(C)CC(=O)NC(CCC(=O)N(C)CCOCCOCCNS(=O)(=O)c1cccc([C@@H]2CN(C)Cc3c(Cl)cc(Cl)cc32)c1)(CCC(=O)N(C)CCOCCOCCNS(=O)(=O)c1cccc([C@@H]2CN(C)Cc3c(Cl)cc(Cl)cc32)c1)CCC(=O)N(C)CCOCCOCCNS(=O)(=O)c1cccc([C@@H]2CN(C)Cc3c(Cl)cc(Cl)cc32)c1. The van der Waals surface area contributed by atoms with Crippen molar-refractivity contribution in [2.45, 2.75) is 96.1 Å². The molecule has 6 aromatic carbocycles. The molecule has 654 valence electrons. The summed E-state index contributed by atoms with van der Waals surface area (Å²) < 4.78 is 123. The van der Waals surface area contributed by atoms with Crippen LogP contribution < -0.4 is 19.5 Å². The van der Waals surface area contributed by atoms with E-state index in [2.05, 4.69) is 34.2 Å². The second-order valence-electron chi connectivity index (χ2n) is 30.7. The largest absolute Gasteiger partial charge is 0.378 e. The van der Waals surface area contributed by atoms with E-state index in [9.17, 15) is 44.4 Å². The fourth-order valence-corrected chi connectivity index (χ4v) is 19.7. The smallest absolute Gasteiger partial charge is 0.240 e. The van der Waals surface area contributed by atoms with Crippen LogP contribution >= 0.6 is 69.6 Å². The Morgan fingerprint density at radius 3 is 0.958 bits per heavy atom. The first-order chi connectivity index (χ1) is 56.6. The fraction of sp³-hybridized carbons (Fsp3) is 0.518. The third-order valence-corrected chi connectivity index (χ3v) is 27.3. The number of rotatable bonds is 48. The van der Waals surface area contributed by atoms with Crippen molar-refractivity contribution >= 4 is 123 Å². The van der Waals surface area contributed by atoms with Gasteiger partial charge in [-0.2, -0.15) is 0 Å². The number of fused-ring (bicyclic) bond motifs is 3. The molecule has 0 fully saturated rings. The summed E-state index contributed by atoms with van der Waals surface area (Å²) in [6.45, 7) is 5.93. The van der Waals surface area contributed by atoms with Crippen LogP contribution in [0.5, 0.6) is 0 Å². The summed E-state index contributed by atoms with van der Waals surface area (Å²) in [7, 11) is 2.58. The van der Waals surface area contributed by atoms with Crippen LogP contribution in [-0.4, -0.2) is 290 Å². The van der Waals surface area contributed by atoms with Crippen LogP contribution in [0.2, 0.25) is 30.1 Å². The standard InChI is InChI=1S/C83H111Cl6N11O16S3/c1-94(2)57-79(101)93-83(21-18-80(102)98(6)27-33-114-39-36-111-30-24-90-117(105,106)64-15-9-12-58(42-64)70-51-95(3)54-73-67(70)45-61(84)48-76(73)87,22-19-81(103)99(7)28-34-115-40-37-112-31-25-91-118(107,108)65-16-10-13-59(43-65)71-52-96(4)55-74-68(71)46-62(85)49-77(74)88)23-20-82(104)100(8)29-35-116-41-38-113-32-26-92-119(109,110)66-17-11-14-60(44-66)72-53-97(5)56-75-69(72)47-63(86)50-78(75)89/h9-17,42-50,70-72,90-92H,18-41,51-57H2,1-8H3,(H,93,101)/t70-,71-,72-/m0/s1. The van der Waals surface area contributed by atoms with Crippen LogP contribution in [-0.2, 0) is 97.3 Å². The molecule has 0 unspecified atom stereocenters. The molecule has 36 heteroatoms. The molecule has 0 radical (unpaired) electrons. The van der Waals surface area contributed by atoms with Gasteiger partial charge in [-0.05, 0) is 177 Å². The average Bonchev–Trinajstić information content (AvgIpc) is 0.780. The van der Waals surface area contributed by atoms with Gasteiger partial charge < -0.3 is 68.0 Å². The number of hydrogen-bond donors (Lipinski definition) is 4. The van der Waals surface area contributed by atoms with E-state index in [0.717, 1.165) is 50.1 Å². The van der Waals surface area contributed by atoms with Gasteiger partial charge in [-0.25, -0.2) is 39.4 Å². The Labute approximate surface area is 731 Å². The molecule has 0 aromatic heterocycles. The Balaban J connectivity index is 0.723. The van der Waals surface area contributed by atoms with Crippen LogP contribution in [0, 0.1) is 0 Å². The highest BCUT2D eigenvalue weighted by atomic mass is 35.5. The van der Waals surface area contributed by atoms with Crippen LogP contribution in [0.3, 0.4) is 0 Å². The summed E-state index contributed by atoms with van der Waals surface area (Å²) in [4.78, 5) is 68.9. The molecular weight excluding hydrogens is 1720 g/mol. The lowest BCUT2D eigenvalue weighted by atomic mass is 9.82. The van der Waals surface area contributed by atoms with Crippen molar-refractivity contribution in [3.05, 3.63) is 189 Å². The van der Waals surface area contributed by atoms with E-state index in [1.54, 1.807) is 113 Å². The highest BCUT2D eigenvalue weighted by molar-refractivity contribution is 7.90. The van der Waals surface area contributed by atoms with Gasteiger partial charge in [-0.3, -0.25) is 19.2 Å². The fourth-order valence-electron chi connectivity index (χ4n) is 14.8. The molecule has 27 nitrogen and oxygen atoms in total. The van der Waals surface area contributed by atoms with E-state index < -0.39 is 35.6 Å². The molecule has 3 atom stereocenters. The molecule has 4 N–H and O–H groups in total. The molecule has 0 saturated heterocycles. The van der Waals surface area contributed by atoms with Gasteiger partial charge in [0.25, 0.3) is 0 Å². The molecule has 0 spiro atoms. The van der Waals surface area contributed by atoms with Gasteiger partial charge in [-0.15, -0.1) is 0 Å². The molecule has 9 rings (SSSR count). The van der Waals surface area contributed by atoms with E-state index in [1.165, 1.54) is 14.7 Å². The number of nitrogens with zero attached hydrogens (tertiary/aromatic N) is 7. The molecule has 3 aliphatic rings. The molecule has 0 saturated carbocycles. The van der Waals surface area contributed by atoms with Gasteiger partial charge in [-0.1, -0.05) is 106 Å². The monoisotopic (exact) mass is 1820 g/mol. The first-order valence-electron chi connectivity index (χ1n) is 39.5. The lowest BCUT2D eigenvalue weighted by molar-refractivity contribution is -0.133. The number of benzene rings is 6. The highest BCUT2D eigenvalue weighted by Gasteiger charge is 2.37. The number of likely N-dealkylation sites (N-methyl/N-ethyl adjacent to an activating group) is 7. The molecule has 4 amide bonds. The Hall–Kier alpha value is -5.73. The van der Waals surface area contributed by atoms with Gasteiger partial charge in [0.15, 0.2) is 0 Å². The number of nitrogens with one attached hydrogen (secondary N) is 4. The zero-order chi connectivity index (χ0) is 86.2. The maximum atomic E-state index is 14.0. The lowest BCUT2D eigenvalue weighted by Crippen LogP contribution is -2.52. The first-order valence-corrected chi connectivity index (χ1v) is 46.2. The van der Waals surface area contributed by atoms with Gasteiger partial charge in [0, 0.05) is 172 Å². The summed E-state index contributed by atoms with van der Waals surface area (Å²) in [5.74, 6) is -1.67. The van der Waals surface area contributed by atoms with Crippen LogP contribution in [0.25, 0.3) is 0 Å². The number of hydrogen-bond acceptors (Lipinski definition) is 20. The van der Waals surface area contributed by atoms with Crippen molar-refractivity contribution in [1.29, 1.82) is 0 Å². The minimum atomic E-state index is -3.91. The van der Waals surface area contributed by atoms with E-state index in [-0.39, 0.29) is 220 Å². The van der Waals surface area contributed by atoms with E-state index in [4.69, 9.17) is 98.0 Å². The number of carbonyl (C=O) groups excluding carboxylic acids is 4. The summed E-state index contributed by atoms with van der Waals surface area (Å²) >= 11 is 39.0. The van der Waals surface area contributed by atoms with E-state index in [1.807, 2.05) is 57.5 Å². The summed E-state index contributed by atoms with van der Waals surface area (Å²) in [6.07, 6.45) is -0.00204. The lowest BCUT2D eigenvalue weighted by Gasteiger charge is -2.36. The number of ether oxygens (including phenoxy) is 6. The van der Waals surface area contributed by atoms with Crippen molar-refractivity contribution in [1.82, 2.24) is 53.8 Å². The van der Waals surface area contributed by atoms with Crippen LogP contribution in [0.15, 0.2) is 124 Å². The maximum Gasteiger partial charge on any atom is 0.240 e. The molecule has 119 heavy (non-hydrogen) atoms. The molecule has 0 bridgehead atoms. The average molecular weight is 1830 g/mol. The highest BCUT2D eigenvalue weighted by Crippen LogP contribution is 2.43. The number of halogens is 6. The number of carbonyl (C=O) groups is 4. The molecule has 6 aromatic rings. The second kappa shape index (κ2) is 46.3. The third-order valence-electron chi connectivity index (χ3n) is 21.2. The molecule has 3 heterocycles. The van der Waals surface area contributed by atoms with Crippen molar-refractivity contribution in [3.8, 4) is 0 Å². The normalized spacial score (nSPS) is 16.1.